The Morgan fingerprint density at radius 3 is 2.56 bits per heavy atom. The van der Waals surface area contributed by atoms with Crippen LogP contribution < -0.4 is 9.47 Å². The van der Waals surface area contributed by atoms with Crippen molar-refractivity contribution in [3.63, 3.8) is 0 Å². The number of halogens is 1. The standard InChI is InChI=1S/C12H14ClNO4/c1-4-9(14(15)16)7-8-5-6-10(17-2)12(18-3)11(8)13/h5-7H,4H2,1-3H3. The lowest BCUT2D eigenvalue weighted by Crippen LogP contribution is -1.98. The van der Waals surface area contributed by atoms with Gasteiger partial charge < -0.3 is 9.47 Å². The molecule has 0 spiro atoms. The number of benzene rings is 1. The SMILES string of the molecule is CCC(=Cc1ccc(OC)c(OC)c1Cl)[N+](=O)[O-]. The lowest BCUT2D eigenvalue weighted by atomic mass is 10.1. The Hall–Kier alpha value is -1.75. The second kappa shape index (κ2) is 6.26. The van der Waals surface area contributed by atoms with Crippen LogP contribution in [-0.4, -0.2) is 19.1 Å². The van der Waals surface area contributed by atoms with Gasteiger partial charge in [-0.15, -0.1) is 0 Å². The van der Waals surface area contributed by atoms with E-state index < -0.39 is 4.92 Å². The number of ether oxygens (including phenoxy) is 2. The minimum Gasteiger partial charge on any atom is -0.493 e. The monoisotopic (exact) mass is 271 g/mol. The molecule has 1 rings (SSSR count). The number of hydrogen-bond acceptors (Lipinski definition) is 4. The Balaban J connectivity index is 3.31. The second-order valence-electron chi connectivity index (χ2n) is 3.45. The van der Waals surface area contributed by atoms with E-state index in [2.05, 4.69) is 0 Å². The highest BCUT2D eigenvalue weighted by Gasteiger charge is 2.15. The summed E-state index contributed by atoms with van der Waals surface area (Å²) in [6, 6.07) is 3.31. The lowest BCUT2D eigenvalue weighted by molar-refractivity contribution is -0.425. The zero-order chi connectivity index (χ0) is 13.7. The van der Waals surface area contributed by atoms with E-state index >= 15 is 0 Å². The van der Waals surface area contributed by atoms with Crippen molar-refractivity contribution in [1.29, 1.82) is 0 Å². The summed E-state index contributed by atoms with van der Waals surface area (Å²) < 4.78 is 10.2. The Morgan fingerprint density at radius 2 is 2.11 bits per heavy atom. The maximum atomic E-state index is 10.8. The number of nitrogens with zero attached hydrogens (tertiary/aromatic N) is 1. The molecule has 0 bridgehead atoms. The molecule has 0 radical (unpaired) electrons. The number of rotatable bonds is 5. The van der Waals surface area contributed by atoms with Crippen molar-refractivity contribution >= 4 is 17.7 Å². The largest absolute Gasteiger partial charge is 0.493 e. The van der Waals surface area contributed by atoms with Crippen molar-refractivity contribution in [2.45, 2.75) is 13.3 Å². The molecule has 0 heterocycles. The van der Waals surface area contributed by atoms with Gasteiger partial charge in [0.15, 0.2) is 11.5 Å². The predicted molar refractivity (Wildman–Crippen MR) is 69.8 cm³/mol. The van der Waals surface area contributed by atoms with E-state index in [0.717, 1.165) is 0 Å². The average Bonchev–Trinajstić information content (AvgIpc) is 2.36. The number of allylic oxidation sites excluding steroid dienone is 1. The zero-order valence-corrected chi connectivity index (χ0v) is 11.2. The van der Waals surface area contributed by atoms with Gasteiger partial charge in [0.05, 0.1) is 24.2 Å². The minimum absolute atomic E-state index is 0.0871. The summed E-state index contributed by atoms with van der Waals surface area (Å²) in [5.74, 6) is 0.852. The maximum Gasteiger partial charge on any atom is 0.246 e. The van der Waals surface area contributed by atoms with Crippen LogP contribution in [0.5, 0.6) is 11.5 Å². The fraction of sp³-hybridized carbons (Fsp3) is 0.333. The van der Waals surface area contributed by atoms with Crippen molar-refractivity contribution in [3.8, 4) is 11.5 Å². The number of hydrogen-bond donors (Lipinski definition) is 0. The van der Waals surface area contributed by atoms with Crippen LogP contribution in [0.25, 0.3) is 6.08 Å². The van der Waals surface area contributed by atoms with E-state index in [-0.39, 0.29) is 5.70 Å². The first-order valence-electron chi connectivity index (χ1n) is 5.30. The van der Waals surface area contributed by atoms with E-state index in [1.807, 2.05) is 0 Å². The van der Waals surface area contributed by atoms with Crippen molar-refractivity contribution in [1.82, 2.24) is 0 Å². The molecule has 0 saturated heterocycles. The molecule has 0 aliphatic rings. The smallest absolute Gasteiger partial charge is 0.246 e. The van der Waals surface area contributed by atoms with E-state index in [1.165, 1.54) is 20.3 Å². The fourth-order valence-corrected chi connectivity index (χ4v) is 1.77. The molecule has 0 aliphatic carbocycles. The molecule has 0 aromatic heterocycles. The van der Waals surface area contributed by atoms with Crippen molar-refractivity contribution in [3.05, 3.63) is 38.5 Å². The molecule has 1 aromatic rings. The predicted octanol–water partition coefficient (Wildman–Crippen LogP) is 3.38. The average molecular weight is 272 g/mol. The molecule has 18 heavy (non-hydrogen) atoms. The summed E-state index contributed by atoms with van der Waals surface area (Å²) in [5, 5.41) is 11.1. The van der Waals surface area contributed by atoms with Crippen LogP contribution in [-0.2, 0) is 0 Å². The molecule has 6 heteroatoms. The fourth-order valence-electron chi connectivity index (χ4n) is 1.48. The Bertz CT molecular complexity index is 485. The second-order valence-corrected chi connectivity index (χ2v) is 3.83. The minimum atomic E-state index is -0.424. The van der Waals surface area contributed by atoms with Crippen molar-refractivity contribution in [2.24, 2.45) is 0 Å². The van der Waals surface area contributed by atoms with Crippen LogP contribution in [0.1, 0.15) is 18.9 Å². The van der Waals surface area contributed by atoms with Gasteiger partial charge in [0.25, 0.3) is 0 Å². The Kier molecular flexibility index (Phi) is 4.97. The summed E-state index contributed by atoms with van der Waals surface area (Å²) in [7, 11) is 2.96. The highest BCUT2D eigenvalue weighted by molar-refractivity contribution is 6.33. The van der Waals surface area contributed by atoms with Gasteiger partial charge in [0, 0.05) is 18.1 Å². The third-order valence-corrected chi connectivity index (χ3v) is 2.82. The third kappa shape index (κ3) is 2.92. The van der Waals surface area contributed by atoms with E-state index in [0.29, 0.717) is 28.5 Å². The lowest BCUT2D eigenvalue weighted by Gasteiger charge is -2.10. The van der Waals surface area contributed by atoms with Crippen LogP contribution in [0, 0.1) is 10.1 Å². The van der Waals surface area contributed by atoms with Gasteiger partial charge in [-0.3, -0.25) is 10.1 Å². The zero-order valence-electron chi connectivity index (χ0n) is 10.4. The summed E-state index contributed by atoms with van der Waals surface area (Å²) in [6.45, 7) is 1.71. The van der Waals surface area contributed by atoms with Gasteiger partial charge in [0.1, 0.15) is 0 Å². The van der Waals surface area contributed by atoms with Crippen LogP contribution in [0.3, 0.4) is 0 Å². The molecule has 0 fully saturated rings. The maximum absolute atomic E-state index is 10.8. The van der Waals surface area contributed by atoms with Gasteiger partial charge in [-0.2, -0.15) is 0 Å². The summed E-state index contributed by atoms with van der Waals surface area (Å²) in [6.07, 6.45) is 1.75. The third-order valence-electron chi connectivity index (χ3n) is 2.43. The molecule has 0 atom stereocenters. The van der Waals surface area contributed by atoms with E-state index in [1.54, 1.807) is 19.1 Å². The molecule has 98 valence electrons. The van der Waals surface area contributed by atoms with Gasteiger partial charge in [-0.05, 0) is 12.1 Å². The highest BCUT2D eigenvalue weighted by Crippen LogP contribution is 2.38. The molecule has 0 aliphatic heterocycles. The van der Waals surface area contributed by atoms with Crippen LogP contribution in [0.4, 0.5) is 0 Å². The molecule has 0 unspecified atom stereocenters. The quantitative estimate of drug-likeness (QED) is 0.608. The van der Waals surface area contributed by atoms with E-state index in [9.17, 15) is 10.1 Å². The summed E-state index contributed by atoms with van der Waals surface area (Å²) >= 11 is 6.13. The first-order valence-corrected chi connectivity index (χ1v) is 5.68. The molecule has 0 N–H and O–H groups in total. The first-order chi connectivity index (χ1) is 8.54. The van der Waals surface area contributed by atoms with Gasteiger partial charge in [-0.1, -0.05) is 18.5 Å². The van der Waals surface area contributed by atoms with E-state index in [4.69, 9.17) is 21.1 Å². The Morgan fingerprint density at radius 1 is 1.44 bits per heavy atom. The normalized spacial score (nSPS) is 11.2. The molecular formula is C12H14ClNO4. The molecule has 5 nitrogen and oxygen atoms in total. The topological polar surface area (TPSA) is 61.6 Å². The Labute approximate surface area is 110 Å². The molecule has 1 aromatic carbocycles. The molecule has 0 amide bonds. The molecular weight excluding hydrogens is 258 g/mol. The van der Waals surface area contributed by atoms with Gasteiger partial charge in [0.2, 0.25) is 5.70 Å². The number of nitro groups is 1. The van der Waals surface area contributed by atoms with Crippen LogP contribution in [0.2, 0.25) is 5.02 Å². The van der Waals surface area contributed by atoms with Crippen LogP contribution in [0.15, 0.2) is 17.8 Å². The van der Waals surface area contributed by atoms with Crippen LogP contribution >= 0.6 is 11.6 Å². The van der Waals surface area contributed by atoms with Gasteiger partial charge in [-0.25, -0.2) is 0 Å². The van der Waals surface area contributed by atoms with Crippen molar-refractivity contribution in [2.75, 3.05) is 14.2 Å². The highest BCUT2D eigenvalue weighted by atomic mass is 35.5. The summed E-state index contributed by atoms with van der Waals surface area (Å²) in [4.78, 5) is 10.3. The summed E-state index contributed by atoms with van der Waals surface area (Å²) in [5.41, 5.74) is 0.618. The van der Waals surface area contributed by atoms with Gasteiger partial charge >= 0.3 is 0 Å². The van der Waals surface area contributed by atoms with Crippen molar-refractivity contribution < 1.29 is 14.4 Å². The molecule has 0 saturated carbocycles. The number of methoxy groups -OCH3 is 2. The first kappa shape index (κ1) is 14.3.